The zero-order valence-electron chi connectivity index (χ0n) is 14.0. The molecule has 2 aromatic rings. The lowest BCUT2D eigenvalue weighted by atomic mass is 10.2. The lowest BCUT2D eigenvalue weighted by Crippen LogP contribution is -2.25. The summed E-state index contributed by atoms with van der Waals surface area (Å²) in [6, 6.07) is 4.36. The number of anilines is 1. The highest BCUT2D eigenvalue weighted by Gasteiger charge is 2.34. The van der Waals surface area contributed by atoms with Crippen LogP contribution in [0.15, 0.2) is 28.9 Å². The molecule has 0 saturated carbocycles. The number of nitrogens with zero attached hydrogens (tertiary/aromatic N) is 1. The second kappa shape index (κ2) is 7.86. The fraction of sp³-hybridized carbons (Fsp3) is 0.471. The number of halogens is 3. The number of carbonyl (C=O) groups excluding carboxylic acids is 1. The first kappa shape index (κ1) is 18.4. The third-order valence-corrected chi connectivity index (χ3v) is 3.96. The highest BCUT2D eigenvalue weighted by molar-refractivity contribution is 6.01. The molecule has 1 aliphatic rings. The molecule has 1 saturated heterocycles. The summed E-state index contributed by atoms with van der Waals surface area (Å²) in [7, 11) is 1.51. The zero-order chi connectivity index (χ0) is 18.7. The highest BCUT2D eigenvalue weighted by atomic mass is 19.2. The van der Waals surface area contributed by atoms with Crippen LogP contribution in [0.5, 0.6) is 5.75 Å². The van der Waals surface area contributed by atoms with Crippen LogP contribution in [0.4, 0.5) is 23.7 Å². The van der Waals surface area contributed by atoms with Crippen molar-refractivity contribution >= 4 is 22.7 Å². The van der Waals surface area contributed by atoms with Crippen LogP contribution in [0.1, 0.15) is 6.42 Å². The summed E-state index contributed by atoms with van der Waals surface area (Å²) in [4.78, 5) is 13.4. The van der Waals surface area contributed by atoms with Crippen LogP contribution in [0.3, 0.4) is 0 Å². The Hall–Kier alpha value is -2.42. The van der Waals surface area contributed by atoms with Crippen LogP contribution in [0.2, 0.25) is 0 Å². The van der Waals surface area contributed by atoms with E-state index < -0.39 is 31.7 Å². The number of fused-ring (bicyclic) bond motifs is 1. The van der Waals surface area contributed by atoms with Crippen LogP contribution in [-0.4, -0.2) is 51.7 Å². The monoisotopic (exact) mass is 373 g/mol. The Kier molecular flexibility index (Phi) is 5.55. The van der Waals surface area contributed by atoms with Crippen LogP contribution < -0.4 is 9.64 Å². The lowest BCUT2D eigenvalue weighted by Gasteiger charge is -2.14. The van der Waals surface area contributed by atoms with Gasteiger partial charge in [-0.3, -0.25) is 9.29 Å². The van der Waals surface area contributed by atoms with Gasteiger partial charge in [0.15, 0.2) is 6.17 Å². The van der Waals surface area contributed by atoms with E-state index in [1.54, 1.807) is 6.07 Å². The van der Waals surface area contributed by atoms with Crippen molar-refractivity contribution in [3.63, 3.8) is 0 Å². The molecule has 3 atom stereocenters. The molecule has 0 radical (unpaired) electrons. The van der Waals surface area contributed by atoms with Crippen molar-refractivity contribution in [2.75, 3.05) is 31.8 Å². The average molecular weight is 373 g/mol. The number of rotatable bonds is 8. The standard InChI is InChI=1S/C17H18F3NO5/c1-23-8-11-7-21(17(22)26-11)14-9-24-15-6-10(2-3-12(14)15)25-16(20)13(19)4-5-18/h2-3,6,9,11,13,16H,4-5,7-8H2,1H3. The number of cyclic esters (lactones) is 1. The molecule has 142 valence electrons. The summed E-state index contributed by atoms with van der Waals surface area (Å²) in [6.07, 6.45) is -4.44. The Morgan fingerprint density at radius 2 is 2.19 bits per heavy atom. The average Bonchev–Trinajstić information content (AvgIpc) is 3.18. The molecule has 3 unspecified atom stereocenters. The highest BCUT2D eigenvalue weighted by Crippen LogP contribution is 2.34. The Morgan fingerprint density at radius 1 is 1.38 bits per heavy atom. The van der Waals surface area contributed by atoms with E-state index in [4.69, 9.17) is 18.6 Å². The maximum atomic E-state index is 13.6. The summed E-state index contributed by atoms with van der Waals surface area (Å²) in [5.41, 5.74) is 0.821. The van der Waals surface area contributed by atoms with Crippen molar-refractivity contribution in [2.45, 2.75) is 25.1 Å². The van der Waals surface area contributed by atoms with Crippen molar-refractivity contribution in [3.05, 3.63) is 24.5 Å². The topological polar surface area (TPSA) is 61.1 Å². The maximum Gasteiger partial charge on any atom is 0.414 e. The van der Waals surface area contributed by atoms with E-state index in [9.17, 15) is 18.0 Å². The number of benzene rings is 1. The molecule has 0 N–H and O–H groups in total. The van der Waals surface area contributed by atoms with Crippen LogP contribution >= 0.6 is 0 Å². The molecular weight excluding hydrogens is 355 g/mol. The molecule has 0 bridgehead atoms. The quantitative estimate of drug-likeness (QED) is 0.705. The first-order valence-corrected chi connectivity index (χ1v) is 8.02. The molecule has 0 spiro atoms. The smallest absolute Gasteiger partial charge is 0.414 e. The third kappa shape index (κ3) is 3.72. The molecule has 9 heteroatoms. The van der Waals surface area contributed by atoms with Gasteiger partial charge < -0.3 is 18.6 Å². The van der Waals surface area contributed by atoms with E-state index in [0.29, 0.717) is 23.2 Å². The number of hydrogen-bond donors (Lipinski definition) is 0. The zero-order valence-corrected chi connectivity index (χ0v) is 14.0. The first-order valence-electron chi connectivity index (χ1n) is 8.02. The van der Waals surface area contributed by atoms with Gasteiger partial charge in [-0.1, -0.05) is 0 Å². The van der Waals surface area contributed by atoms with Crippen molar-refractivity contribution < 1.29 is 36.6 Å². The van der Waals surface area contributed by atoms with Crippen molar-refractivity contribution in [2.24, 2.45) is 0 Å². The van der Waals surface area contributed by atoms with Crippen LogP contribution in [0.25, 0.3) is 11.0 Å². The second-order valence-electron chi connectivity index (χ2n) is 5.81. The predicted molar refractivity (Wildman–Crippen MR) is 86.7 cm³/mol. The summed E-state index contributed by atoms with van der Waals surface area (Å²) < 4.78 is 59.4. The van der Waals surface area contributed by atoms with Gasteiger partial charge in [-0.15, -0.1) is 0 Å². The largest absolute Gasteiger partial charge is 0.462 e. The van der Waals surface area contributed by atoms with E-state index in [1.165, 1.54) is 30.4 Å². The predicted octanol–water partition coefficient (Wildman–Crippen LogP) is 3.78. The normalized spacial score (nSPS) is 19.6. The SMILES string of the molecule is COCC1CN(c2coc3cc(OC(F)C(F)CCF)ccc23)C(=O)O1. The fourth-order valence-corrected chi connectivity index (χ4v) is 2.71. The second-order valence-corrected chi connectivity index (χ2v) is 5.81. The molecule has 1 aromatic heterocycles. The van der Waals surface area contributed by atoms with Gasteiger partial charge in [-0.25, -0.2) is 9.18 Å². The number of alkyl halides is 3. The van der Waals surface area contributed by atoms with Gasteiger partial charge in [0.25, 0.3) is 6.36 Å². The van der Waals surface area contributed by atoms with E-state index in [1.807, 2.05) is 0 Å². The molecule has 1 amide bonds. The van der Waals surface area contributed by atoms with E-state index in [-0.39, 0.29) is 18.5 Å². The molecule has 6 nitrogen and oxygen atoms in total. The number of amides is 1. The number of ether oxygens (including phenoxy) is 3. The fourth-order valence-electron chi connectivity index (χ4n) is 2.71. The molecule has 2 heterocycles. The van der Waals surface area contributed by atoms with Crippen LogP contribution in [-0.2, 0) is 9.47 Å². The minimum atomic E-state index is -2.28. The molecule has 0 aliphatic carbocycles. The third-order valence-electron chi connectivity index (χ3n) is 3.96. The molecule has 1 aliphatic heterocycles. The minimum Gasteiger partial charge on any atom is -0.462 e. The van der Waals surface area contributed by atoms with Crippen LogP contribution in [0, 0.1) is 0 Å². The van der Waals surface area contributed by atoms with E-state index >= 15 is 0 Å². The summed E-state index contributed by atoms with van der Waals surface area (Å²) in [5, 5.41) is 0.586. The molecule has 1 aromatic carbocycles. The first-order chi connectivity index (χ1) is 12.5. The van der Waals surface area contributed by atoms with Gasteiger partial charge in [-0.05, 0) is 12.1 Å². The Bertz CT molecular complexity index is 768. The molecule has 1 fully saturated rings. The van der Waals surface area contributed by atoms with Gasteiger partial charge >= 0.3 is 6.09 Å². The summed E-state index contributed by atoms with van der Waals surface area (Å²) in [5.74, 6) is 0.0358. The molecule has 3 rings (SSSR count). The summed E-state index contributed by atoms with van der Waals surface area (Å²) in [6.45, 7) is -0.391. The number of carbonyl (C=O) groups is 1. The number of methoxy groups -OCH3 is 1. The van der Waals surface area contributed by atoms with Gasteiger partial charge in [-0.2, -0.15) is 4.39 Å². The van der Waals surface area contributed by atoms with Crippen molar-refractivity contribution in [3.8, 4) is 5.75 Å². The Labute approximate surface area is 147 Å². The number of hydrogen-bond acceptors (Lipinski definition) is 5. The Morgan fingerprint density at radius 3 is 2.92 bits per heavy atom. The van der Waals surface area contributed by atoms with Gasteiger partial charge in [0.2, 0.25) is 0 Å². The van der Waals surface area contributed by atoms with Gasteiger partial charge in [0, 0.05) is 25.0 Å². The van der Waals surface area contributed by atoms with Gasteiger partial charge in [0.05, 0.1) is 25.5 Å². The molecule has 26 heavy (non-hydrogen) atoms. The van der Waals surface area contributed by atoms with Gasteiger partial charge in [0.1, 0.15) is 23.7 Å². The summed E-state index contributed by atoms with van der Waals surface area (Å²) >= 11 is 0. The number of furan rings is 1. The molecular formula is C17H18F3NO5. The Balaban J connectivity index is 1.76. The maximum absolute atomic E-state index is 13.6. The van der Waals surface area contributed by atoms with Crippen molar-refractivity contribution in [1.82, 2.24) is 0 Å². The lowest BCUT2D eigenvalue weighted by molar-refractivity contribution is -0.0111. The van der Waals surface area contributed by atoms with Crippen molar-refractivity contribution in [1.29, 1.82) is 0 Å². The van der Waals surface area contributed by atoms with E-state index in [0.717, 1.165) is 0 Å². The minimum absolute atomic E-state index is 0.0358. The van der Waals surface area contributed by atoms with E-state index in [2.05, 4.69) is 0 Å².